The fourth-order valence-electron chi connectivity index (χ4n) is 3.18. The molecule has 0 spiro atoms. The average molecular weight is 403 g/mol. The van der Waals surface area contributed by atoms with Gasteiger partial charge in [0.15, 0.2) is 11.6 Å². The number of pyridine rings is 1. The molecule has 8 heteroatoms. The molecular formula is C21H17N5O2S. The number of fused-ring (bicyclic) bond motifs is 2. The van der Waals surface area contributed by atoms with Crippen molar-refractivity contribution in [1.82, 2.24) is 9.97 Å². The zero-order valence-electron chi connectivity index (χ0n) is 15.3. The molecule has 0 unspecified atom stereocenters. The smallest absolute Gasteiger partial charge is 0.327 e. The first-order valence-electron chi connectivity index (χ1n) is 9.13. The number of hydrogen-bond donors (Lipinski definition) is 2. The lowest BCUT2D eigenvalue weighted by Gasteiger charge is -2.28. The molecule has 0 fully saturated rings. The third-order valence-corrected chi connectivity index (χ3v) is 5.34. The first-order chi connectivity index (χ1) is 14.3. The largest absolute Gasteiger partial charge is 0.488 e. The Morgan fingerprint density at radius 2 is 1.93 bits per heavy atom. The Morgan fingerprint density at radius 1 is 1.03 bits per heavy atom. The fraction of sp³-hybridized carbons (Fsp3) is 0.0952. The number of carbonyl (C=O) groups excluding carboxylic acids is 1. The SMILES string of the molecule is O=C(Nc1ccccc1)N1CCOc2cc(Nc3ccc4ncsc4c3)cnc21. The van der Waals surface area contributed by atoms with Gasteiger partial charge in [0.1, 0.15) is 6.61 Å². The minimum atomic E-state index is -0.232. The van der Waals surface area contributed by atoms with E-state index in [9.17, 15) is 4.79 Å². The lowest BCUT2D eigenvalue weighted by molar-refractivity contribution is 0.249. The van der Waals surface area contributed by atoms with Crippen LogP contribution in [0.2, 0.25) is 0 Å². The van der Waals surface area contributed by atoms with Crippen molar-refractivity contribution in [2.75, 3.05) is 28.7 Å². The molecule has 5 rings (SSSR count). The second kappa shape index (κ2) is 7.40. The summed E-state index contributed by atoms with van der Waals surface area (Å²) >= 11 is 1.60. The lowest BCUT2D eigenvalue weighted by atomic mass is 10.2. The van der Waals surface area contributed by atoms with Gasteiger partial charge in [0.25, 0.3) is 0 Å². The van der Waals surface area contributed by atoms with E-state index in [1.807, 2.05) is 60.1 Å². The molecule has 2 N–H and O–H groups in total. The molecule has 0 atom stereocenters. The summed E-state index contributed by atoms with van der Waals surface area (Å²) in [4.78, 5) is 23.1. The van der Waals surface area contributed by atoms with Gasteiger partial charge >= 0.3 is 6.03 Å². The number of thiazole rings is 1. The van der Waals surface area contributed by atoms with E-state index in [0.29, 0.717) is 24.7 Å². The van der Waals surface area contributed by atoms with Crippen LogP contribution in [0.5, 0.6) is 5.75 Å². The zero-order valence-corrected chi connectivity index (χ0v) is 16.1. The number of rotatable bonds is 3. The number of nitrogens with one attached hydrogen (secondary N) is 2. The predicted octanol–water partition coefficient (Wildman–Crippen LogP) is 4.87. The van der Waals surface area contributed by atoms with Crippen molar-refractivity contribution in [2.24, 2.45) is 0 Å². The van der Waals surface area contributed by atoms with Crippen LogP contribution in [0.3, 0.4) is 0 Å². The van der Waals surface area contributed by atoms with Crippen LogP contribution in [0.4, 0.5) is 27.7 Å². The number of anilines is 4. The Bertz CT molecular complexity index is 1180. The topological polar surface area (TPSA) is 79.4 Å². The Morgan fingerprint density at radius 3 is 2.83 bits per heavy atom. The van der Waals surface area contributed by atoms with Crippen LogP contribution in [0, 0.1) is 0 Å². The molecule has 4 aromatic rings. The molecule has 0 radical (unpaired) electrons. The quantitative estimate of drug-likeness (QED) is 0.510. The highest BCUT2D eigenvalue weighted by Crippen LogP contribution is 2.33. The van der Waals surface area contributed by atoms with E-state index in [2.05, 4.69) is 20.6 Å². The van der Waals surface area contributed by atoms with Crippen molar-refractivity contribution in [1.29, 1.82) is 0 Å². The first kappa shape index (κ1) is 17.4. The molecule has 0 saturated carbocycles. The normalized spacial score (nSPS) is 12.9. The summed E-state index contributed by atoms with van der Waals surface area (Å²) in [7, 11) is 0. The summed E-state index contributed by atoms with van der Waals surface area (Å²) in [5, 5.41) is 6.23. The summed E-state index contributed by atoms with van der Waals surface area (Å²) in [5.74, 6) is 1.08. The van der Waals surface area contributed by atoms with E-state index in [0.717, 1.165) is 27.3 Å². The van der Waals surface area contributed by atoms with Crippen molar-refractivity contribution in [3.8, 4) is 5.75 Å². The van der Waals surface area contributed by atoms with E-state index >= 15 is 0 Å². The van der Waals surface area contributed by atoms with Gasteiger partial charge < -0.3 is 15.4 Å². The minimum absolute atomic E-state index is 0.232. The maximum Gasteiger partial charge on any atom is 0.327 e. The summed E-state index contributed by atoms with van der Waals surface area (Å²) in [6, 6.07) is 17.0. The van der Waals surface area contributed by atoms with Gasteiger partial charge in [-0.1, -0.05) is 18.2 Å². The van der Waals surface area contributed by atoms with Crippen LogP contribution in [0.15, 0.2) is 66.3 Å². The van der Waals surface area contributed by atoms with Gasteiger partial charge in [-0.05, 0) is 30.3 Å². The molecule has 2 aromatic carbocycles. The van der Waals surface area contributed by atoms with Crippen LogP contribution >= 0.6 is 11.3 Å². The van der Waals surface area contributed by atoms with Crippen molar-refractivity contribution in [3.63, 3.8) is 0 Å². The van der Waals surface area contributed by atoms with E-state index in [1.54, 1.807) is 22.4 Å². The van der Waals surface area contributed by atoms with Crippen molar-refractivity contribution < 1.29 is 9.53 Å². The highest BCUT2D eigenvalue weighted by molar-refractivity contribution is 7.16. The fourth-order valence-corrected chi connectivity index (χ4v) is 3.89. The Kier molecular flexibility index (Phi) is 4.45. The summed E-state index contributed by atoms with van der Waals surface area (Å²) in [6.45, 7) is 0.848. The zero-order chi connectivity index (χ0) is 19.6. The summed E-state index contributed by atoms with van der Waals surface area (Å²) < 4.78 is 6.87. The number of benzene rings is 2. The Balaban J connectivity index is 1.36. The molecule has 3 heterocycles. The second-order valence-electron chi connectivity index (χ2n) is 6.50. The van der Waals surface area contributed by atoms with Crippen molar-refractivity contribution in [3.05, 3.63) is 66.3 Å². The van der Waals surface area contributed by atoms with Gasteiger partial charge in [0.05, 0.1) is 34.2 Å². The van der Waals surface area contributed by atoms with E-state index in [-0.39, 0.29) is 6.03 Å². The van der Waals surface area contributed by atoms with Crippen molar-refractivity contribution in [2.45, 2.75) is 0 Å². The monoisotopic (exact) mass is 403 g/mol. The molecule has 0 saturated heterocycles. The van der Waals surface area contributed by atoms with Crippen molar-refractivity contribution >= 4 is 50.5 Å². The van der Waals surface area contributed by atoms with Crippen LogP contribution in [0.25, 0.3) is 10.2 Å². The van der Waals surface area contributed by atoms with E-state index in [4.69, 9.17) is 4.74 Å². The number of hydrogen-bond acceptors (Lipinski definition) is 6. The lowest BCUT2D eigenvalue weighted by Crippen LogP contribution is -2.41. The number of ether oxygens (including phenoxy) is 1. The third-order valence-electron chi connectivity index (χ3n) is 4.55. The highest BCUT2D eigenvalue weighted by Gasteiger charge is 2.25. The number of amides is 2. The molecule has 1 aliphatic heterocycles. The standard InChI is InChI=1S/C21H17N5O2S/c27-21(25-14-4-2-1-3-5-14)26-8-9-28-18-10-16(12-22-20(18)26)24-15-6-7-17-19(11-15)29-13-23-17/h1-7,10-13,24H,8-9H2,(H,25,27). The second-order valence-corrected chi connectivity index (χ2v) is 7.39. The number of para-hydroxylation sites is 1. The van der Waals surface area contributed by atoms with Gasteiger partial charge in [0, 0.05) is 17.4 Å². The molecule has 0 aliphatic carbocycles. The van der Waals surface area contributed by atoms with Gasteiger partial charge in [0.2, 0.25) is 0 Å². The molecular weight excluding hydrogens is 386 g/mol. The van der Waals surface area contributed by atoms with E-state index in [1.165, 1.54) is 0 Å². The van der Waals surface area contributed by atoms with Gasteiger partial charge in [-0.25, -0.2) is 14.8 Å². The number of nitrogens with zero attached hydrogens (tertiary/aromatic N) is 3. The van der Waals surface area contributed by atoms with Gasteiger partial charge in [-0.15, -0.1) is 11.3 Å². The van der Waals surface area contributed by atoms with Crippen LogP contribution in [-0.4, -0.2) is 29.2 Å². The summed E-state index contributed by atoms with van der Waals surface area (Å²) in [6.07, 6.45) is 1.70. The van der Waals surface area contributed by atoms with Crippen LogP contribution in [-0.2, 0) is 0 Å². The maximum absolute atomic E-state index is 12.7. The Labute approximate surface area is 171 Å². The third kappa shape index (κ3) is 3.57. The predicted molar refractivity (Wildman–Crippen MR) is 115 cm³/mol. The molecule has 29 heavy (non-hydrogen) atoms. The highest BCUT2D eigenvalue weighted by atomic mass is 32.1. The minimum Gasteiger partial charge on any atom is -0.488 e. The first-order valence-corrected chi connectivity index (χ1v) is 10.0. The molecule has 2 aromatic heterocycles. The number of aromatic nitrogens is 2. The number of carbonyl (C=O) groups is 1. The van der Waals surface area contributed by atoms with Crippen LogP contribution < -0.4 is 20.3 Å². The van der Waals surface area contributed by atoms with Crippen LogP contribution in [0.1, 0.15) is 0 Å². The van der Waals surface area contributed by atoms with Gasteiger partial charge in [-0.3, -0.25) is 4.90 Å². The molecule has 7 nitrogen and oxygen atoms in total. The summed E-state index contributed by atoms with van der Waals surface area (Å²) in [5.41, 5.74) is 5.28. The maximum atomic E-state index is 12.7. The Hall–Kier alpha value is -3.65. The van der Waals surface area contributed by atoms with E-state index < -0.39 is 0 Å². The van der Waals surface area contributed by atoms with Gasteiger partial charge in [-0.2, -0.15) is 0 Å². The molecule has 2 amide bonds. The molecule has 0 bridgehead atoms. The number of urea groups is 1. The molecule has 144 valence electrons. The average Bonchev–Trinajstić information content (AvgIpc) is 3.22. The molecule has 1 aliphatic rings.